The first-order valence-electron chi connectivity index (χ1n) is 12.3. The van der Waals surface area contributed by atoms with Crippen molar-refractivity contribution in [1.29, 1.82) is 0 Å². The number of methoxy groups -OCH3 is 1. The number of esters is 1. The number of aryl methyl sites for hydroxylation is 1. The molecular weight excluding hydrogens is 501 g/mol. The van der Waals surface area contributed by atoms with Crippen molar-refractivity contribution in [3.63, 3.8) is 0 Å². The van der Waals surface area contributed by atoms with Crippen LogP contribution in [-0.2, 0) is 15.9 Å². The Balaban J connectivity index is 1.70. The molecule has 2 aromatic heterocycles. The number of aromatic amines is 1. The molecule has 1 fully saturated rings. The number of H-pyrrole nitrogens is 1. The first kappa shape index (κ1) is 27.4. The Hall–Kier alpha value is -3.62. The summed E-state index contributed by atoms with van der Waals surface area (Å²) in [4.78, 5) is 32.8. The number of rotatable bonds is 10. The van der Waals surface area contributed by atoms with E-state index in [2.05, 4.69) is 25.6 Å². The number of anilines is 1. The first-order chi connectivity index (χ1) is 18.3. The molecule has 1 unspecified atom stereocenters. The molecule has 1 saturated heterocycles. The third kappa shape index (κ3) is 6.26. The summed E-state index contributed by atoms with van der Waals surface area (Å²) in [6.45, 7) is 2.62. The van der Waals surface area contributed by atoms with Crippen molar-refractivity contribution >= 4 is 24.6 Å². The van der Waals surface area contributed by atoms with Crippen LogP contribution >= 0.6 is 0 Å². The molecule has 1 atom stereocenters. The van der Waals surface area contributed by atoms with Gasteiger partial charge in [0, 0.05) is 6.61 Å². The summed E-state index contributed by atoms with van der Waals surface area (Å²) in [6.07, 6.45) is 4.58. The van der Waals surface area contributed by atoms with Crippen molar-refractivity contribution in [2.75, 3.05) is 25.6 Å². The number of nitrogens with zero attached hydrogens (tertiary/aromatic N) is 3. The van der Waals surface area contributed by atoms with Gasteiger partial charge < -0.3 is 30.0 Å². The van der Waals surface area contributed by atoms with Gasteiger partial charge in [0.25, 0.3) is 5.91 Å². The summed E-state index contributed by atoms with van der Waals surface area (Å²) < 4.78 is 40.7. The van der Waals surface area contributed by atoms with Crippen LogP contribution < -0.4 is 10.5 Å². The van der Waals surface area contributed by atoms with Gasteiger partial charge in [-0.15, -0.1) is 0 Å². The van der Waals surface area contributed by atoms with E-state index in [4.69, 9.17) is 9.47 Å². The van der Waals surface area contributed by atoms with Gasteiger partial charge in [-0.2, -0.15) is 5.10 Å². The third-order valence-electron chi connectivity index (χ3n) is 6.05. The predicted molar refractivity (Wildman–Crippen MR) is 134 cm³/mol. The van der Waals surface area contributed by atoms with Crippen LogP contribution in [0, 0.1) is 11.6 Å². The van der Waals surface area contributed by atoms with E-state index in [1.54, 1.807) is 6.82 Å². The SMILES string of the molecule is COC(=O)c1nc(-c2nn(C3CCCCO3)cc2NC(=O)c2c(F)cccc2F)[nH]c1CCCNB(C)O. The van der Waals surface area contributed by atoms with Crippen molar-refractivity contribution in [2.24, 2.45) is 0 Å². The van der Waals surface area contributed by atoms with Crippen LogP contribution in [0.25, 0.3) is 11.5 Å². The summed E-state index contributed by atoms with van der Waals surface area (Å²) in [5.74, 6) is -3.53. The van der Waals surface area contributed by atoms with E-state index in [0.717, 1.165) is 25.0 Å². The van der Waals surface area contributed by atoms with Crippen molar-refractivity contribution in [2.45, 2.75) is 45.2 Å². The van der Waals surface area contributed by atoms with Crippen molar-refractivity contribution < 1.29 is 32.9 Å². The molecule has 0 radical (unpaired) electrons. The maximum atomic E-state index is 14.3. The molecule has 1 aromatic carbocycles. The Morgan fingerprint density at radius 1 is 1.32 bits per heavy atom. The van der Waals surface area contributed by atoms with Crippen molar-refractivity contribution in [3.05, 3.63) is 53.0 Å². The predicted octanol–water partition coefficient (Wildman–Crippen LogP) is 2.92. The minimum atomic E-state index is -1.01. The fourth-order valence-corrected chi connectivity index (χ4v) is 4.18. The second kappa shape index (κ2) is 12.3. The Morgan fingerprint density at radius 3 is 2.74 bits per heavy atom. The zero-order valence-electron chi connectivity index (χ0n) is 21.1. The van der Waals surface area contributed by atoms with Gasteiger partial charge in [0.1, 0.15) is 23.4 Å². The molecule has 1 amide bonds. The highest BCUT2D eigenvalue weighted by atomic mass is 19.1. The Bertz CT molecular complexity index is 1270. The van der Waals surface area contributed by atoms with Crippen LogP contribution in [0.4, 0.5) is 14.5 Å². The van der Waals surface area contributed by atoms with Crippen LogP contribution in [0.2, 0.25) is 6.82 Å². The number of hydrogen-bond acceptors (Lipinski definition) is 8. The van der Waals surface area contributed by atoms with Gasteiger partial charge in [-0.1, -0.05) is 6.07 Å². The largest absolute Gasteiger partial charge is 0.464 e. The average Bonchev–Trinajstić information content (AvgIpc) is 3.51. The molecule has 14 heteroatoms. The van der Waals surface area contributed by atoms with Crippen LogP contribution in [0.3, 0.4) is 0 Å². The number of hydrogen-bond donors (Lipinski definition) is 4. The summed E-state index contributed by atoms with van der Waals surface area (Å²) >= 11 is 0. The van der Waals surface area contributed by atoms with Crippen molar-refractivity contribution in [1.82, 2.24) is 25.0 Å². The standard InChI is InChI=1S/C24H29BF2N6O5/c1-25(36)28-11-6-9-16-21(24(35)37-2)31-22(29-16)20-17(13-33(32-20)18-10-3-4-12-38-18)30-23(34)19-14(26)7-5-8-15(19)27/h5,7-8,13,18,28,36H,3-4,6,9-12H2,1-2H3,(H,29,31)(H,30,34). The maximum absolute atomic E-state index is 14.3. The number of ether oxygens (including phenoxy) is 2. The van der Waals surface area contributed by atoms with Crippen molar-refractivity contribution in [3.8, 4) is 11.5 Å². The van der Waals surface area contributed by atoms with Crippen LogP contribution in [0.15, 0.2) is 24.4 Å². The minimum absolute atomic E-state index is 0.0421. The lowest BCUT2D eigenvalue weighted by Crippen LogP contribution is -2.31. The Labute approximate surface area is 218 Å². The quantitative estimate of drug-likeness (QED) is 0.178. The van der Waals surface area contributed by atoms with Crippen LogP contribution in [0.5, 0.6) is 0 Å². The molecule has 38 heavy (non-hydrogen) atoms. The highest BCUT2D eigenvalue weighted by molar-refractivity contribution is 6.45. The summed E-state index contributed by atoms with van der Waals surface area (Å²) in [7, 11) is 0.558. The zero-order chi connectivity index (χ0) is 27.2. The van der Waals surface area contributed by atoms with E-state index < -0.39 is 42.4 Å². The van der Waals surface area contributed by atoms with E-state index in [9.17, 15) is 23.4 Å². The number of nitrogens with one attached hydrogen (secondary N) is 3. The molecule has 11 nitrogen and oxygen atoms in total. The maximum Gasteiger partial charge on any atom is 0.373 e. The molecule has 202 valence electrons. The molecular formula is C24H29BF2N6O5. The fourth-order valence-electron chi connectivity index (χ4n) is 4.18. The molecule has 0 aliphatic carbocycles. The van der Waals surface area contributed by atoms with Gasteiger partial charge in [-0.05, 0) is 57.6 Å². The first-order valence-corrected chi connectivity index (χ1v) is 12.3. The van der Waals surface area contributed by atoms with Gasteiger partial charge >= 0.3 is 13.0 Å². The molecule has 4 rings (SSSR count). The van der Waals surface area contributed by atoms with E-state index >= 15 is 0 Å². The molecule has 3 heterocycles. The number of halogens is 2. The highest BCUT2D eigenvalue weighted by Gasteiger charge is 2.27. The van der Waals surface area contributed by atoms with E-state index in [0.29, 0.717) is 38.1 Å². The second-order valence-corrected chi connectivity index (χ2v) is 8.88. The number of imidazole rings is 1. The summed E-state index contributed by atoms with van der Waals surface area (Å²) in [6, 6.07) is 3.15. The van der Waals surface area contributed by atoms with Crippen LogP contribution in [0.1, 0.15) is 58.5 Å². The van der Waals surface area contributed by atoms with Gasteiger partial charge in [-0.25, -0.2) is 23.2 Å². The number of carbonyl (C=O) groups excluding carboxylic acids is 2. The second-order valence-electron chi connectivity index (χ2n) is 8.88. The molecule has 0 bridgehead atoms. The molecule has 1 aliphatic heterocycles. The fraction of sp³-hybridized carbons (Fsp3) is 0.417. The van der Waals surface area contributed by atoms with Gasteiger partial charge in [0.05, 0.1) is 24.7 Å². The van der Waals surface area contributed by atoms with Gasteiger partial charge in [-0.3, -0.25) is 4.79 Å². The van der Waals surface area contributed by atoms with E-state index in [1.165, 1.54) is 24.1 Å². The Morgan fingerprint density at radius 2 is 2.08 bits per heavy atom. The highest BCUT2D eigenvalue weighted by Crippen LogP contribution is 2.31. The van der Waals surface area contributed by atoms with E-state index in [-0.39, 0.29) is 22.9 Å². The van der Waals surface area contributed by atoms with E-state index in [1.807, 2.05) is 0 Å². The third-order valence-corrected chi connectivity index (χ3v) is 6.05. The topological polar surface area (TPSA) is 143 Å². The van der Waals surface area contributed by atoms with Gasteiger partial charge in [0.15, 0.2) is 17.2 Å². The van der Waals surface area contributed by atoms with Gasteiger partial charge in [0.2, 0.25) is 0 Å². The smallest absolute Gasteiger partial charge is 0.373 e. The Kier molecular flexibility index (Phi) is 8.87. The summed E-state index contributed by atoms with van der Waals surface area (Å²) in [5, 5.41) is 19.4. The summed E-state index contributed by atoms with van der Waals surface area (Å²) in [5.41, 5.74) is 0.0591. The molecule has 4 N–H and O–H groups in total. The zero-order valence-corrected chi connectivity index (χ0v) is 21.1. The lowest BCUT2D eigenvalue weighted by atomic mass is 9.89. The number of carbonyl (C=O) groups is 2. The number of benzene rings is 1. The normalized spacial score (nSPS) is 15.3. The lowest BCUT2D eigenvalue weighted by Gasteiger charge is -2.22. The number of aromatic nitrogens is 4. The molecule has 3 aromatic rings. The average molecular weight is 530 g/mol. The lowest BCUT2D eigenvalue weighted by molar-refractivity contribution is -0.0393. The minimum Gasteiger partial charge on any atom is -0.464 e. The number of amides is 1. The molecule has 1 aliphatic rings. The monoisotopic (exact) mass is 530 g/mol. The van der Waals surface area contributed by atoms with Crippen LogP contribution in [-0.4, -0.2) is 64.0 Å². The molecule has 0 saturated carbocycles. The molecule has 0 spiro atoms.